The van der Waals surface area contributed by atoms with Crippen LogP contribution in [0.5, 0.6) is 0 Å². The molecule has 1 amide bonds. The number of benzene rings is 3. The van der Waals surface area contributed by atoms with Crippen molar-refractivity contribution in [2.45, 2.75) is 32.3 Å². The van der Waals surface area contributed by atoms with Crippen molar-refractivity contribution in [1.29, 1.82) is 0 Å². The summed E-state index contributed by atoms with van der Waals surface area (Å²) in [6.07, 6.45) is 0.866. The van der Waals surface area contributed by atoms with E-state index < -0.39 is 0 Å². The van der Waals surface area contributed by atoms with E-state index in [1.807, 2.05) is 41.0 Å². The van der Waals surface area contributed by atoms with E-state index in [2.05, 4.69) is 72.7 Å². The van der Waals surface area contributed by atoms with Gasteiger partial charge in [0, 0.05) is 16.9 Å². The Morgan fingerprint density at radius 2 is 1.56 bits per heavy atom. The molecule has 5 nitrogen and oxygen atoms in total. The number of thioether (sulfide) groups is 1. The number of para-hydroxylation sites is 1. The van der Waals surface area contributed by atoms with Crippen molar-refractivity contribution in [3.63, 3.8) is 0 Å². The first-order valence-electron chi connectivity index (χ1n) is 10.6. The Morgan fingerprint density at radius 1 is 0.906 bits per heavy atom. The van der Waals surface area contributed by atoms with Crippen molar-refractivity contribution in [1.82, 2.24) is 14.8 Å². The molecule has 4 rings (SSSR count). The minimum Gasteiger partial charge on any atom is -0.325 e. The summed E-state index contributed by atoms with van der Waals surface area (Å²) < 4.78 is 2.02. The van der Waals surface area contributed by atoms with Crippen LogP contribution in [0, 0.1) is 13.8 Å². The third kappa shape index (κ3) is 4.92. The molecule has 1 heterocycles. The highest BCUT2D eigenvalue weighted by Gasteiger charge is 2.17. The van der Waals surface area contributed by atoms with E-state index >= 15 is 0 Å². The van der Waals surface area contributed by atoms with Gasteiger partial charge in [0.2, 0.25) is 5.91 Å². The Labute approximate surface area is 192 Å². The number of hydrogen-bond acceptors (Lipinski definition) is 4. The number of carbonyl (C=O) groups is 1. The highest BCUT2D eigenvalue weighted by atomic mass is 32.2. The number of aryl methyl sites for hydroxylation is 3. The number of carbonyl (C=O) groups excluding carboxylic acids is 1. The lowest BCUT2D eigenvalue weighted by molar-refractivity contribution is -0.113. The van der Waals surface area contributed by atoms with Gasteiger partial charge in [0.1, 0.15) is 0 Å². The van der Waals surface area contributed by atoms with E-state index in [4.69, 9.17) is 0 Å². The van der Waals surface area contributed by atoms with Gasteiger partial charge in [-0.2, -0.15) is 0 Å². The normalized spacial score (nSPS) is 10.8. The van der Waals surface area contributed by atoms with Crippen LogP contribution in [0.1, 0.15) is 23.6 Å². The van der Waals surface area contributed by atoms with Crippen LogP contribution in [0.3, 0.4) is 0 Å². The van der Waals surface area contributed by atoms with E-state index in [1.54, 1.807) is 0 Å². The summed E-state index contributed by atoms with van der Waals surface area (Å²) >= 11 is 1.38. The van der Waals surface area contributed by atoms with Gasteiger partial charge in [-0.15, -0.1) is 10.2 Å². The van der Waals surface area contributed by atoms with E-state index in [0.29, 0.717) is 5.16 Å². The number of nitrogens with zero attached hydrogens (tertiary/aromatic N) is 3. The Hall–Kier alpha value is -3.38. The summed E-state index contributed by atoms with van der Waals surface area (Å²) in [5.41, 5.74) is 6.30. The van der Waals surface area contributed by atoms with Crippen LogP contribution < -0.4 is 5.32 Å². The third-order valence-electron chi connectivity index (χ3n) is 5.24. The first-order valence-corrected chi connectivity index (χ1v) is 11.6. The van der Waals surface area contributed by atoms with E-state index in [1.165, 1.54) is 22.9 Å². The summed E-state index contributed by atoms with van der Waals surface area (Å²) in [7, 11) is 0. The molecule has 4 aromatic rings. The molecule has 0 aliphatic rings. The van der Waals surface area contributed by atoms with Gasteiger partial charge in [-0.25, -0.2) is 0 Å². The predicted octanol–water partition coefficient (Wildman–Crippen LogP) is 5.84. The zero-order chi connectivity index (χ0) is 22.5. The number of amides is 1. The molecule has 1 N–H and O–H groups in total. The number of rotatable bonds is 7. The molecule has 0 bridgehead atoms. The molecule has 0 fully saturated rings. The average molecular weight is 443 g/mol. The second-order valence-corrected chi connectivity index (χ2v) is 8.63. The first-order chi connectivity index (χ1) is 15.5. The zero-order valence-electron chi connectivity index (χ0n) is 18.5. The van der Waals surface area contributed by atoms with Crippen molar-refractivity contribution in [2.24, 2.45) is 0 Å². The highest BCUT2D eigenvalue weighted by Crippen LogP contribution is 2.28. The van der Waals surface area contributed by atoms with Gasteiger partial charge in [0.25, 0.3) is 0 Å². The molecule has 0 spiro atoms. The number of anilines is 1. The molecule has 6 heteroatoms. The second-order valence-electron chi connectivity index (χ2n) is 7.69. The van der Waals surface area contributed by atoms with Gasteiger partial charge < -0.3 is 5.32 Å². The van der Waals surface area contributed by atoms with Gasteiger partial charge >= 0.3 is 0 Å². The lowest BCUT2D eigenvalue weighted by Crippen LogP contribution is -2.15. The molecule has 1 aromatic heterocycles. The number of nitrogens with one attached hydrogen (secondary N) is 1. The SMILES string of the molecule is CCc1ccccc1NC(=O)CSc1nnc(-c2ccc(C)cc2)n1-c1ccc(C)cc1. The van der Waals surface area contributed by atoms with Crippen LogP contribution in [0.15, 0.2) is 78.0 Å². The van der Waals surface area contributed by atoms with E-state index in [-0.39, 0.29) is 11.7 Å². The molecule has 0 aliphatic heterocycles. The maximum absolute atomic E-state index is 12.7. The molecular weight excluding hydrogens is 416 g/mol. The molecule has 0 atom stereocenters. The third-order valence-corrected chi connectivity index (χ3v) is 6.17. The summed E-state index contributed by atoms with van der Waals surface area (Å²) in [4.78, 5) is 12.7. The molecule has 162 valence electrons. The van der Waals surface area contributed by atoms with Crippen LogP contribution in [0.2, 0.25) is 0 Å². The van der Waals surface area contributed by atoms with Crippen molar-refractivity contribution in [2.75, 3.05) is 11.1 Å². The van der Waals surface area contributed by atoms with Crippen LogP contribution in [-0.2, 0) is 11.2 Å². The van der Waals surface area contributed by atoms with Crippen molar-refractivity contribution >= 4 is 23.4 Å². The molecule has 0 unspecified atom stereocenters. The summed E-state index contributed by atoms with van der Waals surface area (Å²) in [6.45, 7) is 6.20. The highest BCUT2D eigenvalue weighted by molar-refractivity contribution is 7.99. The van der Waals surface area contributed by atoms with E-state index in [0.717, 1.165) is 34.7 Å². The Kier molecular flexibility index (Phi) is 6.71. The molecule has 32 heavy (non-hydrogen) atoms. The fourth-order valence-corrected chi connectivity index (χ4v) is 4.20. The molecule has 0 saturated carbocycles. The van der Waals surface area contributed by atoms with Gasteiger partial charge in [-0.1, -0.05) is 84.4 Å². The van der Waals surface area contributed by atoms with Crippen molar-refractivity contribution < 1.29 is 4.79 Å². The summed E-state index contributed by atoms with van der Waals surface area (Å²) in [5.74, 6) is 0.940. The summed E-state index contributed by atoms with van der Waals surface area (Å²) in [5, 5.41) is 12.6. The van der Waals surface area contributed by atoms with Crippen LogP contribution in [-0.4, -0.2) is 26.4 Å². The second kappa shape index (κ2) is 9.83. The minimum atomic E-state index is -0.0637. The number of aromatic nitrogens is 3. The molecule has 0 saturated heterocycles. The molecule has 0 radical (unpaired) electrons. The standard InChI is InChI=1S/C26H26N4OS/c1-4-20-7-5-6-8-23(20)27-24(31)17-32-26-29-28-25(21-13-9-18(2)10-14-21)30(26)22-15-11-19(3)12-16-22/h5-16H,4,17H2,1-3H3,(H,27,31). The zero-order valence-corrected chi connectivity index (χ0v) is 19.3. The Morgan fingerprint density at radius 3 is 2.25 bits per heavy atom. The topological polar surface area (TPSA) is 59.8 Å². The minimum absolute atomic E-state index is 0.0637. The number of hydrogen-bond donors (Lipinski definition) is 1. The lowest BCUT2D eigenvalue weighted by Gasteiger charge is -2.12. The predicted molar refractivity (Wildman–Crippen MR) is 131 cm³/mol. The fourth-order valence-electron chi connectivity index (χ4n) is 3.45. The maximum Gasteiger partial charge on any atom is 0.234 e. The maximum atomic E-state index is 12.7. The fraction of sp³-hybridized carbons (Fsp3) is 0.192. The van der Waals surface area contributed by atoms with Crippen LogP contribution in [0.4, 0.5) is 5.69 Å². The van der Waals surface area contributed by atoms with E-state index in [9.17, 15) is 4.79 Å². The molecule has 0 aliphatic carbocycles. The van der Waals surface area contributed by atoms with Gasteiger partial charge in [-0.05, 0) is 44.0 Å². The quantitative estimate of drug-likeness (QED) is 0.365. The van der Waals surface area contributed by atoms with Gasteiger partial charge in [0.05, 0.1) is 5.75 Å². The monoisotopic (exact) mass is 442 g/mol. The molecular formula is C26H26N4OS. The largest absolute Gasteiger partial charge is 0.325 e. The first kappa shape index (κ1) is 21.8. The molecule has 3 aromatic carbocycles. The van der Waals surface area contributed by atoms with Crippen LogP contribution >= 0.6 is 11.8 Å². The van der Waals surface area contributed by atoms with Gasteiger partial charge in [0.15, 0.2) is 11.0 Å². The Balaban J connectivity index is 1.60. The van der Waals surface area contributed by atoms with Crippen molar-refractivity contribution in [3.8, 4) is 17.1 Å². The Bertz CT molecular complexity index is 1210. The van der Waals surface area contributed by atoms with Gasteiger partial charge in [-0.3, -0.25) is 9.36 Å². The van der Waals surface area contributed by atoms with Crippen molar-refractivity contribution in [3.05, 3.63) is 89.5 Å². The average Bonchev–Trinajstić information content (AvgIpc) is 3.23. The van der Waals surface area contributed by atoms with Crippen LogP contribution in [0.25, 0.3) is 17.1 Å². The summed E-state index contributed by atoms with van der Waals surface area (Å²) in [6, 6.07) is 24.4. The smallest absolute Gasteiger partial charge is 0.234 e. The lowest BCUT2D eigenvalue weighted by atomic mass is 10.1.